The lowest BCUT2D eigenvalue weighted by Crippen LogP contribution is -2.35. The van der Waals surface area contributed by atoms with Crippen LogP contribution in [0.3, 0.4) is 0 Å². The Kier molecular flexibility index (Phi) is 4.37. The van der Waals surface area contributed by atoms with Crippen LogP contribution in [-0.4, -0.2) is 40.0 Å². The molecule has 0 atom stereocenters. The summed E-state index contributed by atoms with van der Waals surface area (Å²) in [5.74, 6) is -0.784. The van der Waals surface area contributed by atoms with Gasteiger partial charge in [0.25, 0.3) is 5.91 Å². The summed E-state index contributed by atoms with van der Waals surface area (Å²) in [7, 11) is 0. The molecule has 0 aliphatic carbocycles. The Labute approximate surface area is 122 Å². The molecule has 1 aromatic heterocycles. The number of aryl methyl sites for hydroxylation is 1. The van der Waals surface area contributed by atoms with Crippen molar-refractivity contribution in [3.8, 4) is 11.3 Å². The van der Waals surface area contributed by atoms with Crippen molar-refractivity contribution in [2.75, 3.05) is 13.1 Å². The molecule has 2 rings (SSSR count). The first-order valence-corrected chi connectivity index (χ1v) is 6.56. The number of carbonyl (C=O) groups is 2. The van der Waals surface area contributed by atoms with E-state index in [0.29, 0.717) is 11.7 Å². The van der Waals surface area contributed by atoms with Crippen LogP contribution in [0, 0.1) is 6.92 Å². The summed E-state index contributed by atoms with van der Waals surface area (Å²) in [5.41, 5.74) is 0.870. The molecule has 0 unspecified atom stereocenters. The van der Waals surface area contributed by atoms with E-state index in [9.17, 15) is 9.59 Å². The van der Waals surface area contributed by atoms with Gasteiger partial charge in [-0.15, -0.1) is 0 Å². The van der Waals surface area contributed by atoms with Gasteiger partial charge in [-0.3, -0.25) is 9.59 Å². The number of rotatable bonds is 5. The number of likely N-dealkylation sites (N-methyl/N-ethyl adjacent to an activating group) is 1. The van der Waals surface area contributed by atoms with Crippen molar-refractivity contribution in [2.24, 2.45) is 0 Å². The number of aromatic nitrogens is 1. The maximum atomic E-state index is 12.5. The van der Waals surface area contributed by atoms with Gasteiger partial charge in [-0.2, -0.15) is 0 Å². The average molecular weight is 288 g/mol. The van der Waals surface area contributed by atoms with Crippen molar-refractivity contribution >= 4 is 11.9 Å². The molecule has 0 spiro atoms. The molecular formula is C15H16N2O4. The molecule has 0 fully saturated rings. The molecule has 6 heteroatoms. The topological polar surface area (TPSA) is 83.6 Å². The summed E-state index contributed by atoms with van der Waals surface area (Å²) >= 11 is 0. The van der Waals surface area contributed by atoms with Crippen LogP contribution >= 0.6 is 0 Å². The van der Waals surface area contributed by atoms with Gasteiger partial charge in [-0.25, -0.2) is 4.98 Å². The van der Waals surface area contributed by atoms with Gasteiger partial charge in [0.15, 0.2) is 17.3 Å². The highest BCUT2D eigenvalue weighted by Gasteiger charge is 2.25. The van der Waals surface area contributed by atoms with Gasteiger partial charge in [-0.05, 0) is 6.92 Å². The van der Waals surface area contributed by atoms with Crippen LogP contribution in [0.15, 0.2) is 34.7 Å². The number of oxazole rings is 1. The van der Waals surface area contributed by atoms with Crippen molar-refractivity contribution < 1.29 is 19.1 Å². The summed E-state index contributed by atoms with van der Waals surface area (Å²) < 4.78 is 5.52. The van der Waals surface area contributed by atoms with Crippen LogP contribution in [-0.2, 0) is 4.79 Å². The Morgan fingerprint density at radius 3 is 2.52 bits per heavy atom. The van der Waals surface area contributed by atoms with E-state index < -0.39 is 11.9 Å². The Hall–Kier alpha value is -2.63. The Bertz CT molecular complexity index is 649. The van der Waals surface area contributed by atoms with Gasteiger partial charge < -0.3 is 14.4 Å². The third-order valence-electron chi connectivity index (χ3n) is 2.97. The molecule has 0 saturated heterocycles. The second-order valence-corrected chi connectivity index (χ2v) is 4.49. The van der Waals surface area contributed by atoms with Crippen LogP contribution in [0.5, 0.6) is 0 Å². The quantitative estimate of drug-likeness (QED) is 0.911. The fraction of sp³-hybridized carbons (Fsp3) is 0.267. The molecule has 0 aliphatic rings. The molecule has 0 radical (unpaired) electrons. The fourth-order valence-corrected chi connectivity index (χ4v) is 2.00. The molecule has 2 aromatic rings. The number of benzene rings is 1. The second kappa shape index (κ2) is 6.21. The summed E-state index contributed by atoms with van der Waals surface area (Å²) in [6.45, 7) is 3.29. The zero-order valence-corrected chi connectivity index (χ0v) is 11.9. The molecule has 1 N–H and O–H groups in total. The summed E-state index contributed by atoms with van der Waals surface area (Å²) in [6, 6.07) is 9.14. The average Bonchev–Trinajstić information content (AvgIpc) is 2.86. The molecule has 1 aromatic carbocycles. The number of carboxylic acids is 1. The lowest BCUT2D eigenvalue weighted by Gasteiger charge is -2.17. The normalized spacial score (nSPS) is 10.4. The van der Waals surface area contributed by atoms with E-state index in [1.807, 2.05) is 30.3 Å². The zero-order valence-electron chi connectivity index (χ0n) is 11.9. The highest BCUT2D eigenvalue weighted by Crippen LogP contribution is 2.25. The van der Waals surface area contributed by atoms with E-state index in [1.165, 1.54) is 4.90 Å². The number of hydrogen-bond acceptors (Lipinski definition) is 4. The van der Waals surface area contributed by atoms with E-state index in [-0.39, 0.29) is 18.8 Å². The molecule has 0 bridgehead atoms. The summed E-state index contributed by atoms with van der Waals surface area (Å²) in [5, 5.41) is 8.86. The Balaban J connectivity index is 2.40. The lowest BCUT2D eigenvalue weighted by molar-refractivity contribution is -0.137. The first-order valence-electron chi connectivity index (χ1n) is 6.56. The second-order valence-electron chi connectivity index (χ2n) is 4.49. The predicted molar refractivity (Wildman–Crippen MR) is 75.9 cm³/mol. The Morgan fingerprint density at radius 2 is 1.95 bits per heavy atom. The number of hydrogen-bond donors (Lipinski definition) is 1. The predicted octanol–water partition coefficient (Wildman–Crippen LogP) is 2.20. The molecule has 6 nitrogen and oxygen atoms in total. The van der Waals surface area contributed by atoms with E-state index in [2.05, 4.69) is 4.98 Å². The van der Waals surface area contributed by atoms with Crippen molar-refractivity contribution in [3.05, 3.63) is 41.9 Å². The first-order chi connectivity index (χ1) is 10.0. The van der Waals surface area contributed by atoms with Crippen molar-refractivity contribution in [3.63, 3.8) is 0 Å². The number of amides is 1. The zero-order chi connectivity index (χ0) is 15.4. The van der Waals surface area contributed by atoms with Gasteiger partial charge in [-0.1, -0.05) is 30.3 Å². The SMILES string of the molecule is CCN(CC(=O)O)C(=O)c1nc(C)oc1-c1ccccc1. The van der Waals surface area contributed by atoms with Crippen LogP contribution < -0.4 is 0 Å². The molecule has 1 amide bonds. The smallest absolute Gasteiger partial charge is 0.323 e. The maximum absolute atomic E-state index is 12.5. The van der Waals surface area contributed by atoms with E-state index in [0.717, 1.165) is 5.56 Å². The summed E-state index contributed by atoms with van der Waals surface area (Å²) in [6.07, 6.45) is 0. The van der Waals surface area contributed by atoms with E-state index in [4.69, 9.17) is 9.52 Å². The van der Waals surface area contributed by atoms with Gasteiger partial charge in [0.05, 0.1) is 0 Å². The van der Waals surface area contributed by atoms with Gasteiger partial charge in [0, 0.05) is 19.0 Å². The molecule has 110 valence electrons. The van der Waals surface area contributed by atoms with Crippen LogP contribution in [0.1, 0.15) is 23.3 Å². The first kappa shape index (κ1) is 14.8. The fourth-order valence-electron chi connectivity index (χ4n) is 2.00. The van der Waals surface area contributed by atoms with Gasteiger partial charge >= 0.3 is 5.97 Å². The van der Waals surface area contributed by atoms with Gasteiger partial charge in [0.2, 0.25) is 0 Å². The molecule has 1 heterocycles. The minimum atomic E-state index is -1.06. The molecular weight excluding hydrogens is 272 g/mol. The number of carboxylic acid groups (broad SMARTS) is 1. The van der Waals surface area contributed by atoms with Crippen molar-refractivity contribution in [1.29, 1.82) is 0 Å². The Morgan fingerprint density at radius 1 is 1.29 bits per heavy atom. The monoisotopic (exact) mass is 288 g/mol. The highest BCUT2D eigenvalue weighted by atomic mass is 16.4. The van der Waals surface area contributed by atoms with Crippen molar-refractivity contribution in [1.82, 2.24) is 9.88 Å². The number of aliphatic carboxylic acids is 1. The maximum Gasteiger partial charge on any atom is 0.323 e. The van der Waals surface area contributed by atoms with E-state index >= 15 is 0 Å². The van der Waals surface area contributed by atoms with Crippen LogP contribution in [0.25, 0.3) is 11.3 Å². The third-order valence-corrected chi connectivity index (χ3v) is 2.97. The third kappa shape index (κ3) is 3.28. The van der Waals surface area contributed by atoms with Gasteiger partial charge in [0.1, 0.15) is 6.54 Å². The van der Waals surface area contributed by atoms with E-state index in [1.54, 1.807) is 13.8 Å². The van der Waals surface area contributed by atoms with Crippen LogP contribution in [0.2, 0.25) is 0 Å². The standard InChI is InChI=1S/C15H16N2O4/c1-3-17(9-12(18)19)15(20)13-14(21-10(2)16-13)11-7-5-4-6-8-11/h4-8H,3,9H2,1-2H3,(H,18,19). The molecule has 0 saturated carbocycles. The lowest BCUT2D eigenvalue weighted by atomic mass is 10.1. The van der Waals surface area contributed by atoms with Crippen molar-refractivity contribution in [2.45, 2.75) is 13.8 Å². The molecule has 0 aliphatic heterocycles. The summed E-state index contributed by atoms with van der Waals surface area (Å²) in [4.78, 5) is 28.6. The number of carbonyl (C=O) groups excluding carboxylic acids is 1. The highest BCUT2D eigenvalue weighted by molar-refractivity contribution is 5.99. The minimum absolute atomic E-state index is 0.141. The largest absolute Gasteiger partial charge is 0.480 e. The molecule has 21 heavy (non-hydrogen) atoms. The van der Waals surface area contributed by atoms with Crippen LogP contribution in [0.4, 0.5) is 0 Å². The number of nitrogens with zero attached hydrogens (tertiary/aromatic N) is 2. The minimum Gasteiger partial charge on any atom is -0.480 e.